The number of carbonyl (C=O) groups excluding carboxylic acids is 2. The molecule has 7 heteroatoms. The number of ether oxygens (including phenoxy) is 1. The largest absolute Gasteiger partial charge is 0.378 e. The van der Waals surface area contributed by atoms with E-state index in [0.29, 0.717) is 47.5 Å². The molecule has 1 saturated heterocycles. The molecule has 0 atom stereocenters. The number of amides is 2. The van der Waals surface area contributed by atoms with Crippen molar-refractivity contribution in [2.45, 2.75) is 0 Å². The van der Waals surface area contributed by atoms with E-state index < -0.39 is 0 Å². The molecule has 0 saturated carbocycles. The second kappa shape index (κ2) is 7.12. The molecule has 120 valence electrons. The Bertz CT molecular complexity index is 712. The number of anilines is 1. The summed E-state index contributed by atoms with van der Waals surface area (Å²) in [6, 6.07) is 8.45. The molecule has 1 aromatic heterocycles. The van der Waals surface area contributed by atoms with Crippen LogP contribution in [0.2, 0.25) is 5.02 Å². The van der Waals surface area contributed by atoms with Crippen molar-refractivity contribution in [3.63, 3.8) is 0 Å². The van der Waals surface area contributed by atoms with E-state index in [9.17, 15) is 9.59 Å². The van der Waals surface area contributed by atoms with Gasteiger partial charge >= 0.3 is 0 Å². The van der Waals surface area contributed by atoms with E-state index >= 15 is 0 Å². The van der Waals surface area contributed by atoms with Crippen molar-refractivity contribution < 1.29 is 14.3 Å². The Hall–Kier alpha value is -1.89. The topological polar surface area (TPSA) is 58.6 Å². The van der Waals surface area contributed by atoms with Crippen molar-refractivity contribution in [1.29, 1.82) is 0 Å². The predicted molar refractivity (Wildman–Crippen MR) is 90.4 cm³/mol. The van der Waals surface area contributed by atoms with Gasteiger partial charge in [0.2, 0.25) is 0 Å². The zero-order chi connectivity index (χ0) is 16.2. The van der Waals surface area contributed by atoms with Crippen LogP contribution in [0.15, 0.2) is 35.7 Å². The van der Waals surface area contributed by atoms with E-state index in [0.717, 1.165) is 0 Å². The Morgan fingerprint density at radius 3 is 2.70 bits per heavy atom. The number of hydrogen-bond acceptors (Lipinski definition) is 4. The third-order valence-corrected chi connectivity index (χ3v) is 4.70. The summed E-state index contributed by atoms with van der Waals surface area (Å²) < 4.78 is 5.25. The van der Waals surface area contributed by atoms with E-state index in [2.05, 4.69) is 5.32 Å². The number of carbonyl (C=O) groups is 2. The Morgan fingerprint density at radius 1 is 1.22 bits per heavy atom. The van der Waals surface area contributed by atoms with Gasteiger partial charge in [-0.05, 0) is 29.6 Å². The molecule has 2 heterocycles. The van der Waals surface area contributed by atoms with E-state index in [-0.39, 0.29) is 11.8 Å². The lowest BCUT2D eigenvalue weighted by molar-refractivity contribution is 0.0303. The molecule has 0 unspecified atom stereocenters. The van der Waals surface area contributed by atoms with Gasteiger partial charge in [-0.2, -0.15) is 0 Å². The number of morpholine rings is 1. The number of nitrogens with zero attached hydrogens (tertiary/aromatic N) is 1. The van der Waals surface area contributed by atoms with E-state index in [4.69, 9.17) is 16.3 Å². The van der Waals surface area contributed by atoms with Crippen molar-refractivity contribution >= 4 is 40.4 Å². The summed E-state index contributed by atoms with van der Waals surface area (Å²) in [6.45, 7) is 2.22. The monoisotopic (exact) mass is 350 g/mol. The number of nitrogens with one attached hydrogen (secondary N) is 1. The Labute approximate surface area is 142 Å². The van der Waals surface area contributed by atoms with Crippen LogP contribution in [0.4, 0.5) is 5.69 Å². The molecule has 0 spiro atoms. The zero-order valence-corrected chi connectivity index (χ0v) is 13.8. The first kappa shape index (κ1) is 16.0. The summed E-state index contributed by atoms with van der Waals surface area (Å²) in [4.78, 5) is 27.0. The Kier molecular flexibility index (Phi) is 4.95. The van der Waals surface area contributed by atoms with Crippen LogP contribution in [0.3, 0.4) is 0 Å². The molecular formula is C16H15ClN2O3S. The molecule has 2 amide bonds. The highest BCUT2D eigenvalue weighted by Gasteiger charge is 2.20. The molecule has 1 N–H and O–H groups in total. The zero-order valence-electron chi connectivity index (χ0n) is 12.3. The molecule has 1 aliphatic rings. The SMILES string of the molecule is O=C(Nc1cc(C(=O)N2CCOCC2)ccc1Cl)c1cccs1. The lowest BCUT2D eigenvalue weighted by Crippen LogP contribution is -2.40. The molecule has 1 fully saturated rings. The summed E-state index contributed by atoms with van der Waals surface area (Å²) in [5.41, 5.74) is 0.932. The minimum absolute atomic E-state index is 0.0865. The lowest BCUT2D eigenvalue weighted by atomic mass is 10.1. The third-order valence-electron chi connectivity index (χ3n) is 3.50. The smallest absolute Gasteiger partial charge is 0.265 e. The maximum absolute atomic E-state index is 12.5. The van der Waals surface area contributed by atoms with Gasteiger partial charge in [0.25, 0.3) is 11.8 Å². The van der Waals surface area contributed by atoms with E-state index in [1.807, 2.05) is 5.38 Å². The summed E-state index contributed by atoms with van der Waals surface area (Å²) >= 11 is 7.48. The number of rotatable bonds is 3. The third kappa shape index (κ3) is 3.72. The first-order valence-corrected chi connectivity index (χ1v) is 8.42. The minimum Gasteiger partial charge on any atom is -0.378 e. The molecule has 23 heavy (non-hydrogen) atoms. The van der Waals surface area contributed by atoms with Crippen LogP contribution in [0.5, 0.6) is 0 Å². The number of thiophene rings is 1. The molecule has 2 aromatic rings. The van der Waals surface area contributed by atoms with Crippen LogP contribution in [-0.2, 0) is 4.74 Å². The maximum Gasteiger partial charge on any atom is 0.265 e. The van der Waals surface area contributed by atoms with Crippen LogP contribution in [-0.4, -0.2) is 43.0 Å². The highest BCUT2D eigenvalue weighted by Crippen LogP contribution is 2.25. The van der Waals surface area contributed by atoms with Crippen molar-refractivity contribution in [2.75, 3.05) is 31.6 Å². The van der Waals surface area contributed by atoms with Crippen molar-refractivity contribution in [2.24, 2.45) is 0 Å². The summed E-state index contributed by atoms with van der Waals surface area (Å²) in [6.07, 6.45) is 0. The number of benzene rings is 1. The first-order chi connectivity index (χ1) is 11.1. The van der Waals surface area contributed by atoms with Crippen LogP contribution in [0.25, 0.3) is 0 Å². The molecular weight excluding hydrogens is 336 g/mol. The Morgan fingerprint density at radius 2 is 2.00 bits per heavy atom. The van der Waals surface area contributed by atoms with Crippen molar-refractivity contribution in [3.05, 3.63) is 51.2 Å². The fraction of sp³-hybridized carbons (Fsp3) is 0.250. The first-order valence-electron chi connectivity index (χ1n) is 7.16. The van der Waals surface area contributed by atoms with Gasteiger partial charge in [0.05, 0.1) is 28.8 Å². The highest BCUT2D eigenvalue weighted by molar-refractivity contribution is 7.12. The van der Waals surface area contributed by atoms with Crippen LogP contribution < -0.4 is 5.32 Å². The van der Waals surface area contributed by atoms with Crippen LogP contribution in [0, 0.1) is 0 Å². The Balaban J connectivity index is 1.78. The number of hydrogen-bond donors (Lipinski definition) is 1. The molecule has 5 nitrogen and oxygen atoms in total. The van der Waals surface area contributed by atoms with Crippen LogP contribution >= 0.6 is 22.9 Å². The molecule has 1 aliphatic heterocycles. The fourth-order valence-corrected chi connectivity index (χ4v) is 3.08. The minimum atomic E-state index is -0.238. The summed E-state index contributed by atoms with van der Waals surface area (Å²) in [7, 11) is 0. The van der Waals surface area contributed by atoms with E-state index in [1.54, 1.807) is 35.2 Å². The van der Waals surface area contributed by atoms with E-state index in [1.165, 1.54) is 11.3 Å². The van der Waals surface area contributed by atoms with Crippen molar-refractivity contribution in [3.8, 4) is 0 Å². The normalized spacial score (nSPS) is 14.6. The van der Waals surface area contributed by atoms with Gasteiger partial charge in [0.1, 0.15) is 0 Å². The average Bonchev–Trinajstić information content (AvgIpc) is 3.11. The van der Waals surface area contributed by atoms with Crippen molar-refractivity contribution in [1.82, 2.24) is 4.90 Å². The van der Waals surface area contributed by atoms with Gasteiger partial charge in [-0.25, -0.2) is 0 Å². The summed E-state index contributed by atoms with van der Waals surface area (Å²) in [5.74, 6) is -0.325. The van der Waals surface area contributed by atoms with Gasteiger partial charge in [0, 0.05) is 18.7 Å². The molecule has 1 aromatic carbocycles. The van der Waals surface area contributed by atoms with Crippen LogP contribution in [0.1, 0.15) is 20.0 Å². The van der Waals surface area contributed by atoms with Gasteiger partial charge in [-0.3, -0.25) is 9.59 Å². The second-order valence-corrected chi connectivity index (χ2v) is 6.39. The van der Waals surface area contributed by atoms with Gasteiger partial charge in [0.15, 0.2) is 0 Å². The quantitative estimate of drug-likeness (QED) is 0.925. The lowest BCUT2D eigenvalue weighted by Gasteiger charge is -2.27. The molecule has 3 rings (SSSR count). The molecule has 0 aliphatic carbocycles. The number of halogens is 1. The predicted octanol–water partition coefficient (Wildman–Crippen LogP) is 3.13. The molecule has 0 bridgehead atoms. The highest BCUT2D eigenvalue weighted by atomic mass is 35.5. The standard InChI is InChI=1S/C16H15ClN2O3S/c17-12-4-3-11(16(21)19-5-7-22-8-6-19)10-13(12)18-15(20)14-2-1-9-23-14/h1-4,9-10H,5-8H2,(H,18,20). The second-order valence-electron chi connectivity index (χ2n) is 5.03. The maximum atomic E-state index is 12.5. The summed E-state index contributed by atoms with van der Waals surface area (Å²) in [5, 5.41) is 4.98. The van der Waals surface area contributed by atoms with Gasteiger partial charge in [-0.1, -0.05) is 17.7 Å². The molecule has 0 radical (unpaired) electrons. The fourth-order valence-electron chi connectivity index (χ4n) is 2.29. The van der Waals surface area contributed by atoms with Gasteiger partial charge in [-0.15, -0.1) is 11.3 Å². The van der Waals surface area contributed by atoms with Gasteiger partial charge < -0.3 is 15.0 Å². The average molecular weight is 351 g/mol.